The maximum Gasteiger partial charge on any atom is 0.191 e. The zero-order valence-corrected chi connectivity index (χ0v) is 18.8. The van der Waals surface area contributed by atoms with Crippen molar-refractivity contribution in [3.63, 3.8) is 0 Å². The van der Waals surface area contributed by atoms with E-state index in [1.54, 1.807) is 0 Å². The zero-order valence-electron chi connectivity index (χ0n) is 18.8. The van der Waals surface area contributed by atoms with E-state index in [0.29, 0.717) is 12.0 Å². The van der Waals surface area contributed by atoms with Crippen LogP contribution in [0.15, 0.2) is 53.7 Å². The van der Waals surface area contributed by atoms with Crippen molar-refractivity contribution in [1.29, 1.82) is 0 Å². The Hall–Kier alpha value is -2.60. The Morgan fingerprint density at radius 3 is 2.65 bits per heavy atom. The first-order valence-electron chi connectivity index (χ1n) is 11.5. The Morgan fingerprint density at radius 2 is 1.94 bits per heavy atom. The van der Waals surface area contributed by atoms with Gasteiger partial charge in [0.15, 0.2) is 5.96 Å². The van der Waals surface area contributed by atoms with Crippen molar-refractivity contribution in [1.82, 2.24) is 15.6 Å². The van der Waals surface area contributed by atoms with Gasteiger partial charge < -0.3 is 20.3 Å². The third-order valence-corrected chi connectivity index (χ3v) is 6.42. The van der Waals surface area contributed by atoms with Crippen LogP contribution in [0.2, 0.25) is 0 Å². The molecule has 2 N–H and O–H groups in total. The van der Waals surface area contributed by atoms with Gasteiger partial charge >= 0.3 is 0 Å². The Balaban J connectivity index is 1.27. The monoisotopic (exact) mass is 421 g/mol. The third-order valence-electron chi connectivity index (χ3n) is 6.42. The summed E-state index contributed by atoms with van der Waals surface area (Å²) in [6.07, 6.45) is 6.47. The molecule has 0 bridgehead atoms. The molecule has 6 heteroatoms. The first-order valence-corrected chi connectivity index (χ1v) is 11.5. The number of hydrogen-bond acceptors (Lipinski definition) is 4. The summed E-state index contributed by atoms with van der Waals surface area (Å²) in [6.45, 7) is 5.86. The van der Waals surface area contributed by atoms with Gasteiger partial charge in [0.2, 0.25) is 0 Å². The second-order valence-corrected chi connectivity index (χ2v) is 8.65. The van der Waals surface area contributed by atoms with Crippen LogP contribution in [-0.2, 0) is 4.74 Å². The molecule has 2 unspecified atom stereocenters. The van der Waals surface area contributed by atoms with Crippen LogP contribution in [0.1, 0.15) is 42.9 Å². The normalized spacial score (nSPS) is 22.9. The molecule has 31 heavy (non-hydrogen) atoms. The van der Waals surface area contributed by atoms with E-state index in [1.165, 1.54) is 17.5 Å². The van der Waals surface area contributed by atoms with Crippen LogP contribution < -0.4 is 15.5 Å². The number of ether oxygens (including phenoxy) is 1. The molecule has 0 aliphatic carbocycles. The maximum atomic E-state index is 6.17. The molecule has 4 rings (SSSR count). The number of anilines is 1. The van der Waals surface area contributed by atoms with Crippen molar-refractivity contribution >= 4 is 11.8 Å². The highest BCUT2D eigenvalue weighted by Crippen LogP contribution is 2.33. The summed E-state index contributed by atoms with van der Waals surface area (Å²) in [4.78, 5) is 11.3. The number of nitrogens with one attached hydrogen (secondary N) is 2. The molecule has 6 nitrogen and oxygen atoms in total. The molecule has 0 amide bonds. The number of aromatic nitrogens is 1. The molecular weight excluding hydrogens is 386 g/mol. The lowest BCUT2D eigenvalue weighted by molar-refractivity contribution is -0.0265. The molecule has 2 atom stereocenters. The maximum absolute atomic E-state index is 6.17. The van der Waals surface area contributed by atoms with E-state index in [1.807, 2.05) is 19.3 Å². The van der Waals surface area contributed by atoms with Crippen LogP contribution in [0.3, 0.4) is 0 Å². The summed E-state index contributed by atoms with van der Waals surface area (Å²) in [5, 5.41) is 7.20. The molecule has 0 spiro atoms. The predicted octanol–water partition coefficient (Wildman–Crippen LogP) is 3.69. The molecule has 1 aromatic carbocycles. The number of pyridine rings is 1. The van der Waals surface area contributed by atoms with Crippen LogP contribution in [0.5, 0.6) is 0 Å². The lowest BCUT2D eigenvalue weighted by Gasteiger charge is -2.35. The Morgan fingerprint density at radius 1 is 1.13 bits per heavy atom. The quantitative estimate of drug-likeness (QED) is 0.570. The summed E-state index contributed by atoms with van der Waals surface area (Å²) < 4.78 is 6.17. The van der Waals surface area contributed by atoms with Gasteiger partial charge in [0, 0.05) is 51.4 Å². The minimum atomic E-state index is 0.154. The van der Waals surface area contributed by atoms with E-state index in [0.717, 1.165) is 57.3 Å². The molecule has 2 saturated heterocycles. The number of aliphatic imine (C=N–C) groups is 1. The van der Waals surface area contributed by atoms with Crippen LogP contribution in [0.4, 0.5) is 5.82 Å². The molecule has 2 fully saturated rings. The molecule has 0 saturated carbocycles. The second-order valence-electron chi connectivity index (χ2n) is 8.65. The highest BCUT2D eigenvalue weighted by molar-refractivity contribution is 5.80. The predicted molar refractivity (Wildman–Crippen MR) is 127 cm³/mol. The number of aryl methyl sites for hydroxylation is 1. The van der Waals surface area contributed by atoms with E-state index in [4.69, 9.17) is 4.74 Å². The molecule has 2 aliphatic heterocycles. The van der Waals surface area contributed by atoms with Gasteiger partial charge in [0.05, 0.1) is 6.10 Å². The van der Waals surface area contributed by atoms with Crippen LogP contribution in [0, 0.1) is 12.8 Å². The SMILES string of the molecule is CN=C(NCC1CCCOC1c1ccc(C)cc1)NC1CCN(c2ccccn2)CC1. The summed E-state index contributed by atoms with van der Waals surface area (Å²) in [7, 11) is 1.85. The van der Waals surface area contributed by atoms with Crippen molar-refractivity contribution in [2.75, 3.05) is 38.2 Å². The zero-order chi connectivity index (χ0) is 21.5. The van der Waals surface area contributed by atoms with Gasteiger partial charge in [-0.3, -0.25) is 4.99 Å². The Labute approximate surface area is 186 Å². The van der Waals surface area contributed by atoms with Crippen molar-refractivity contribution in [2.24, 2.45) is 10.9 Å². The molecule has 3 heterocycles. The summed E-state index contributed by atoms with van der Waals surface area (Å²) in [5.74, 6) is 2.41. The highest BCUT2D eigenvalue weighted by Gasteiger charge is 2.28. The van der Waals surface area contributed by atoms with Gasteiger partial charge in [0.25, 0.3) is 0 Å². The van der Waals surface area contributed by atoms with Gasteiger partial charge in [0.1, 0.15) is 5.82 Å². The second kappa shape index (κ2) is 10.6. The van der Waals surface area contributed by atoms with Gasteiger partial charge in [-0.25, -0.2) is 4.98 Å². The first kappa shape index (κ1) is 21.6. The molecule has 2 aromatic rings. The van der Waals surface area contributed by atoms with Gasteiger partial charge in [-0.15, -0.1) is 0 Å². The standard InChI is InChI=1S/C25H35N5O/c1-19-8-10-20(11-9-19)24-21(6-5-17-31-24)18-28-25(26-2)29-22-12-15-30(16-13-22)23-7-3-4-14-27-23/h3-4,7-11,14,21-22,24H,5-6,12-13,15-18H2,1-2H3,(H2,26,28,29). The van der Waals surface area contributed by atoms with Gasteiger partial charge in [-0.1, -0.05) is 35.9 Å². The number of hydrogen-bond donors (Lipinski definition) is 2. The fourth-order valence-electron chi connectivity index (χ4n) is 4.59. The molecule has 1 aromatic heterocycles. The van der Waals surface area contributed by atoms with E-state index < -0.39 is 0 Å². The molecular formula is C25H35N5O. The molecule has 2 aliphatic rings. The minimum absolute atomic E-state index is 0.154. The lowest BCUT2D eigenvalue weighted by atomic mass is 9.89. The number of benzene rings is 1. The third kappa shape index (κ3) is 5.76. The van der Waals surface area contributed by atoms with Gasteiger partial charge in [-0.2, -0.15) is 0 Å². The van der Waals surface area contributed by atoms with Crippen molar-refractivity contribution < 1.29 is 4.74 Å². The van der Waals surface area contributed by atoms with Crippen molar-refractivity contribution in [3.05, 3.63) is 59.8 Å². The molecule has 0 radical (unpaired) electrons. The van der Waals surface area contributed by atoms with E-state index in [-0.39, 0.29) is 6.10 Å². The smallest absolute Gasteiger partial charge is 0.191 e. The number of rotatable bonds is 5. The number of piperidine rings is 1. The van der Waals surface area contributed by atoms with Crippen molar-refractivity contribution in [3.8, 4) is 0 Å². The van der Waals surface area contributed by atoms with Gasteiger partial charge in [-0.05, 0) is 50.3 Å². The summed E-state index contributed by atoms with van der Waals surface area (Å²) >= 11 is 0. The highest BCUT2D eigenvalue weighted by atomic mass is 16.5. The van der Waals surface area contributed by atoms with Crippen molar-refractivity contribution in [2.45, 2.75) is 44.8 Å². The number of nitrogens with zero attached hydrogens (tertiary/aromatic N) is 3. The average molecular weight is 422 g/mol. The summed E-state index contributed by atoms with van der Waals surface area (Å²) in [6, 6.07) is 15.3. The summed E-state index contributed by atoms with van der Waals surface area (Å²) in [5.41, 5.74) is 2.56. The topological polar surface area (TPSA) is 61.8 Å². The lowest BCUT2D eigenvalue weighted by Crippen LogP contribution is -2.50. The fraction of sp³-hybridized carbons (Fsp3) is 0.520. The minimum Gasteiger partial charge on any atom is -0.373 e. The first-order chi connectivity index (χ1) is 15.2. The Kier molecular flexibility index (Phi) is 7.41. The van der Waals surface area contributed by atoms with E-state index in [9.17, 15) is 0 Å². The van der Waals surface area contributed by atoms with Crippen LogP contribution >= 0.6 is 0 Å². The fourth-order valence-corrected chi connectivity index (χ4v) is 4.59. The Bertz CT molecular complexity index is 831. The number of guanidine groups is 1. The average Bonchev–Trinajstić information content (AvgIpc) is 2.83. The van der Waals surface area contributed by atoms with Crippen LogP contribution in [0.25, 0.3) is 0 Å². The van der Waals surface area contributed by atoms with E-state index >= 15 is 0 Å². The molecule has 166 valence electrons. The largest absolute Gasteiger partial charge is 0.373 e. The van der Waals surface area contributed by atoms with Crippen LogP contribution in [-0.4, -0.2) is 50.3 Å². The van der Waals surface area contributed by atoms with E-state index in [2.05, 4.69) is 68.8 Å².